The molecule has 1 atom stereocenters. The average molecular weight is 193 g/mol. The minimum Gasteiger partial charge on any atom is -0.349 e. The summed E-state index contributed by atoms with van der Waals surface area (Å²) >= 11 is 0. The van der Waals surface area contributed by atoms with E-state index in [-0.39, 0.29) is 5.78 Å². The monoisotopic (exact) mass is 193 g/mol. The van der Waals surface area contributed by atoms with E-state index in [4.69, 9.17) is 0 Å². The lowest BCUT2D eigenvalue weighted by Gasteiger charge is -2.25. The van der Waals surface area contributed by atoms with Crippen molar-refractivity contribution >= 4 is 5.78 Å². The zero-order chi connectivity index (χ0) is 10.9. The average Bonchev–Trinajstić information content (AvgIpc) is 2.38. The Bertz CT molecular complexity index is 293. The largest absolute Gasteiger partial charge is 0.349 e. The van der Waals surface area contributed by atoms with E-state index in [2.05, 4.69) is 20.1 Å². The van der Waals surface area contributed by atoms with E-state index in [1.807, 2.05) is 18.7 Å². The predicted octanol–water partition coefficient (Wildman–Crippen LogP) is 2.72. The zero-order valence-electron chi connectivity index (χ0n) is 9.39. The van der Waals surface area contributed by atoms with Crippen molar-refractivity contribution in [3.05, 3.63) is 24.6 Å². The Morgan fingerprint density at radius 3 is 2.43 bits per heavy atom. The van der Waals surface area contributed by atoms with Crippen molar-refractivity contribution in [2.45, 2.75) is 33.6 Å². The van der Waals surface area contributed by atoms with Crippen molar-refractivity contribution < 1.29 is 4.79 Å². The maximum absolute atomic E-state index is 11.8. The third kappa shape index (κ3) is 1.39. The van der Waals surface area contributed by atoms with Gasteiger partial charge in [-0.3, -0.25) is 4.79 Å². The molecule has 0 aromatic carbocycles. The van der Waals surface area contributed by atoms with Gasteiger partial charge in [0.1, 0.15) is 5.78 Å². The first-order valence-corrected chi connectivity index (χ1v) is 5.15. The van der Waals surface area contributed by atoms with Crippen molar-refractivity contribution in [2.75, 3.05) is 6.54 Å². The number of hydrogen-bond acceptors (Lipinski definition) is 2. The SMILES string of the molecule is C=C1CC(C)(C(=O)CC)C(=C)N1CC. The van der Waals surface area contributed by atoms with E-state index in [0.29, 0.717) is 6.42 Å². The fraction of sp³-hybridized carbons (Fsp3) is 0.583. The van der Waals surface area contributed by atoms with Gasteiger partial charge in [-0.25, -0.2) is 0 Å². The summed E-state index contributed by atoms with van der Waals surface area (Å²) in [6.07, 6.45) is 1.30. The van der Waals surface area contributed by atoms with Crippen LogP contribution in [0.5, 0.6) is 0 Å². The van der Waals surface area contributed by atoms with Crippen LogP contribution in [-0.4, -0.2) is 17.2 Å². The topological polar surface area (TPSA) is 20.3 Å². The minimum atomic E-state index is -0.401. The molecule has 0 spiro atoms. The molecule has 0 radical (unpaired) electrons. The normalized spacial score (nSPS) is 27.2. The van der Waals surface area contributed by atoms with Gasteiger partial charge in [-0.2, -0.15) is 0 Å². The van der Waals surface area contributed by atoms with Crippen LogP contribution < -0.4 is 0 Å². The van der Waals surface area contributed by atoms with E-state index in [1.165, 1.54) is 0 Å². The number of likely N-dealkylation sites (tertiary alicyclic amines) is 1. The second kappa shape index (κ2) is 3.60. The number of carbonyl (C=O) groups excluding carboxylic acids is 1. The molecule has 14 heavy (non-hydrogen) atoms. The second-order valence-corrected chi connectivity index (χ2v) is 4.04. The molecule has 1 aliphatic heterocycles. The molecule has 0 N–H and O–H groups in total. The molecule has 0 bridgehead atoms. The fourth-order valence-corrected chi connectivity index (χ4v) is 2.16. The van der Waals surface area contributed by atoms with E-state index < -0.39 is 5.41 Å². The Kier molecular flexibility index (Phi) is 2.84. The van der Waals surface area contributed by atoms with Crippen LogP contribution in [-0.2, 0) is 4.79 Å². The molecule has 0 amide bonds. The molecule has 1 saturated heterocycles. The van der Waals surface area contributed by atoms with Crippen LogP contribution >= 0.6 is 0 Å². The lowest BCUT2D eigenvalue weighted by atomic mass is 9.81. The summed E-state index contributed by atoms with van der Waals surface area (Å²) < 4.78 is 0. The van der Waals surface area contributed by atoms with Gasteiger partial charge in [-0.05, 0) is 13.8 Å². The summed E-state index contributed by atoms with van der Waals surface area (Å²) in [4.78, 5) is 13.9. The van der Waals surface area contributed by atoms with Crippen LogP contribution in [0.3, 0.4) is 0 Å². The number of ketones is 1. The summed E-state index contributed by atoms with van der Waals surface area (Å²) in [6, 6.07) is 0. The van der Waals surface area contributed by atoms with Gasteiger partial charge < -0.3 is 4.90 Å². The third-order valence-corrected chi connectivity index (χ3v) is 3.15. The van der Waals surface area contributed by atoms with Gasteiger partial charge in [0.15, 0.2) is 0 Å². The number of nitrogens with zero attached hydrogens (tertiary/aromatic N) is 1. The Morgan fingerprint density at radius 1 is 1.50 bits per heavy atom. The maximum atomic E-state index is 11.8. The molecule has 0 aromatic rings. The van der Waals surface area contributed by atoms with Crippen molar-refractivity contribution in [2.24, 2.45) is 5.41 Å². The van der Waals surface area contributed by atoms with E-state index in [9.17, 15) is 4.79 Å². The molecule has 1 heterocycles. The Labute approximate surface area is 86.3 Å². The van der Waals surface area contributed by atoms with Crippen LogP contribution in [0, 0.1) is 5.41 Å². The summed E-state index contributed by atoms with van der Waals surface area (Å²) in [5.74, 6) is 0.264. The Morgan fingerprint density at radius 2 is 2.07 bits per heavy atom. The lowest BCUT2D eigenvalue weighted by Crippen LogP contribution is -2.28. The summed E-state index contributed by atoms with van der Waals surface area (Å²) in [5, 5.41) is 0. The number of carbonyl (C=O) groups is 1. The van der Waals surface area contributed by atoms with Crippen LogP contribution in [0.25, 0.3) is 0 Å². The first-order valence-electron chi connectivity index (χ1n) is 5.15. The summed E-state index contributed by atoms with van der Waals surface area (Å²) in [5.41, 5.74) is 1.53. The molecule has 1 aliphatic rings. The van der Waals surface area contributed by atoms with Crippen LogP contribution in [0.1, 0.15) is 33.6 Å². The van der Waals surface area contributed by atoms with Crippen molar-refractivity contribution in [3.63, 3.8) is 0 Å². The maximum Gasteiger partial charge on any atom is 0.144 e. The van der Waals surface area contributed by atoms with Gasteiger partial charge in [0.05, 0.1) is 5.41 Å². The molecular weight excluding hydrogens is 174 g/mol. The smallest absolute Gasteiger partial charge is 0.144 e. The predicted molar refractivity (Wildman–Crippen MR) is 58.7 cm³/mol. The molecule has 2 heteroatoms. The third-order valence-electron chi connectivity index (χ3n) is 3.15. The zero-order valence-corrected chi connectivity index (χ0v) is 9.39. The lowest BCUT2D eigenvalue weighted by molar-refractivity contribution is -0.125. The molecule has 0 aromatic heterocycles. The van der Waals surface area contributed by atoms with Crippen molar-refractivity contribution in [1.82, 2.24) is 4.90 Å². The van der Waals surface area contributed by atoms with Crippen LogP contribution in [0.4, 0.5) is 0 Å². The van der Waals surface area contributed by atoms with Crippen molar-refractivity contribution in [3.8, 4) is 0 Å². The van der Waals surface area contributed by atoms with E-state index in [0.717, 1.165) is 24.4 Å². The highest BCUT2D eigenvalue weighted by molar-refractivity contribution is 5.88. The van der Waals surface area contributed by atoms with Gasteiger partial charge in [-0.1, -0.05) is 20.1 Å². The first-order chi connectivity index (χ1) is 6.47. The molecule has 78 valence electrons. The molecule has 2 nitrogen and oxygen atoms in total. The van der Waals surface area contributed by atoms with Gasteiger partial charge in [0, 0.05) is 30.8 Å². The number of hydrogen-bond donors (Lipinski definition) is 0. The van der Waals surface area contributed by atoms with Gasteiger partial charge >= 0.3 is 0 Å². The Balaban J connectivity index is 3.00. The molecule has 0 saturated carbocycles. The second-order valence-electron chi connectivity index (χ2n) is 4.04. The quantitative estimate of drug-likeness (QED) is 0.687. The van der Waals surface area contributed by atoms with Crippen molar-refractivity contribution in [1.29, 1.82) is 0 Å². The summed E-state index contributed by atoms with van der Waals surface area (Å²) in [6.45, 7) is 14.8. The van der Waals surface area contributed by atoms with Crippen LogP contribution in [0.15, 0.2) is 24.6 Å². The van der Waals surface area contributed by atoms with Gasteiger partial charge in [-0.15, -0.1) is 0 Å². The first kappa shape index (κ1) is 11.0. The highest BCUT2D eigenvalue weighted by Gasteiger charge is 2.43. The fourth-order valence-electron chi connectivity index (χ4n) is 2.16. The minimum absolute atomic E-state index is 0.264. The number of Topliss-reactive ketones (excluding diaryl/α,β-unsaturated/α-hetero) is 1. The molecule has 1 fully saturated rings. The van der Waals surface area contributed by atoms with Crippen LogP contribution in [0.2, 0.25) is 0 Å². The number of rotatable bonds is 3. The molecule has 0 aliphatic carbocycles. The highest BCUT2D eigenvalue weighted by Crippen LogP contribution is 2.45. The van der Waals surface area contributed by atoms with E-state index >= 15 is 0 Å². The van der Waals surface area contributed by atoms with Gasteiger partial charge in [0.2, 0.25) is 0 Å². The molecule has 1 rings (SSSR count). The standard InChI is InChI=1S/C12H19NO/c1-6-11(14)12(5)8-9(3)13(7-2)10(12)4/h3-4,6-8H2,1-2,5H3. The number of allylic oxidation sites excluding steroid dienone is 2. The Hall–Kier alpha value is -1.05. The molecular formula is C12H19NO. The summed E-state index contributed by atoms with van der Waals surface area (Å²) in [7, 11) is 0. The van der Waals surface area contributed by atoms with Gasteiger partial charge in [0.25, 0.3) is 0 Å². The van der Waals surface area contributed by atoms with E-state index in [1.54, 1.807) is 0 Å². The molecule has 1 unspecified atom stereocenters. The highest BCUT2D eigenvalue weighted by atomic mass is 16.1.